The maximum Gasteiger partial charge on any atom is 0.223 e. The fourth-order valence-corrected chi connectivity index (χ4v) is 1.69. The quantitative estimate of drug-likeness (QED) is 0.815. The first-order valence-electron chi connectivity index (χ1n) is 6.05. The molecule has 0 aliphatic heterocycles. The van der Waals surface area contributed by atoms with Crippen LogP contribution in [-0.4, -0.2) is 30.7 Å². The van der Waals surface area contributed by atoms with Gasteiger partial charge in [0.1, 0.15) is 0 Å². The second-order valence-electron chi connectivity index (χ2n) is 4.26. The lowest BCUT2D eigenvalue weighted by atomic mass is 10.1. The smallest absolute Gasteiger partial charge is 0.223 e. The van der Waals surface area contributed by atoms with E-state index in [0.29, 0.717) is 24.3 Å². The summed E-state index contributed by atoms with van der Waals surface area (Å²) in [5.74, 6) is -0.254. The van der Waals surface area contributed by atoms with Crippen LogP contribution in [0.3, 0.4) is 0 Å². The van der Waals surface area contributed by atoms with Gasteiger partial charge in [0.05, 0.1) is 0 Å². The monoisotopic (exact) mass is 262 g/mol. The Labute approximate surface area is 112 Å². The molecule has 0 atom stereocenters. The molecule has 0 fully saturated rings. The molecule has 1 aromatic rings. The zero-order chi connectivity index (χ0) is 14.4. The van der Waals surface area contributed by atoms with Gasteiger partial charge in [-0.15, -0.1) is 0 Å². The van der Waals surface area contributed by atoms with E-state index in [9.17, 15) is 14.4 Å². The average molecular weight is 262 g/mol. The maximum atomic E-state index is 11.6. The highest BCUT2D eigenvalue weighted by Gasteiger charge is 2.11. The number of carbonyl (C=O) groups is 3. The fourth-order valence-electron chi connectivity index (χ4n) is 1.69. The fraction of sp³-hybridized carbons (Fsp3) is 0.357. The number of ketones is 1. The van der Waals surface area contributed by atoms with Crippen molar-refractivity contribution in [2.75, 3.05) is 18.0 Å². The van der Waals surface area contributed by atoms with Crippen molar-refractivity contribution in [1.29, 1.82) is 0 Å². The van der Waals surface area contributed by atoms with E-state index in [1.807, 2.05) is 0 Å². The van der Waals surface area contributed by atoms with Crippen LogP contribution in [0.4, 0.5) is 5.69 Å². The van der Waals surface area contributed by atoms with Crippen molar-refractivity contribution in [3.05, 3.63) is 29.8 Å². The molecule has 0 spiro atoms. The van der Waals surface area contributed by atoms with Crippen molar-refractivity contribution >= 4 is 23.3 Å². The lowest BCUT2D eigenvalue weighted by Crippen LogP contribution is -2.36. The van der Waals surface area contributed by atoms with Crippen LogP contribution in [0.5, 0.6) is 0 Å². The lowest BCUT2D eigenvalue weighted by molar-refractivity contribution is -0.119. The zero-order valence-corrected chi connectivity index (χ0v) is 11.4. The number of benzene rings is 1. The van der Waals surface area contributed by atoms with Crippen molar-refractivity contribution in [1.82, 2.24) is 5.32 Å². The molecule has 5 nitrogen and oxygen atoms in total. The molecule has 1 N–H and O–H groups in total. The van der Waals surface area contributed by atoms with Crippen LogP contribution in [0.2, 0.25) is 0 Å². The van der Waals surface area contributed by atoms with E-state index >= 15 is 0 Å². The van der Waals surface area contributed by atoms with Crippen molar-refractivity contribution in [2.45, 2.75) is 20.8 Å². The van der Waals surface area contributed by atoms with Gasteiger partial charge in [-0.3, -0.25) is 14.4 Å². The molecule has 0 saturated heterocycles. The second kappa shape index (κ2) is 6.68. The van der Waals surface area contributed by atoms with E-state index in [1.165, 1.54) is 20.8 Å². The molecule has 102 valence electrons. The minimum Gasteiger partial charge on any atom is -0.355 e. The predicted octanol–water partition coefficient (Wildman–Crippen LogP) is 1.38. The molecule has 5 heteroatoms. The number of anilines is 1. The van der Waals surface area contributed by atoms with Crippen molar-refractivity contribution in [2.24, 2.45) is 0 Å². The van der Waals surface area contributed by atoms with Crippen LogP contribution in [0.1, 0.15) is 31.1 Å². The number of rotatable bonds is 5. The van der Waals surface area contributed by atoms with E-state index < -0.39 is 0 Å². The van der Waals surface area contributed by atoms with Gasteiger partial charge in [0.2, 0.25) is 11.8 Å². The van der Waals surface area contributed by atoms with Gasteiger partial charge in [-0.1, -0.05) is 0 Å². The summed E-state index contributed by atoms with van der Waals surface area (Å²) in [7, 11) is 0. The van der Waals surface area contributed by atoms with E-state index in [2.05, 4.69) is 5.32 Å². The van der Waals surface area contributed by atoms with E-state index in [1.54, 1.807) is 29.2 Å². The summed E-state index contributed by atoms with van der Waals surface area (Å²) in [5, 5.41) is 2.64. The van der Waals surface area contributed by atoms with Crippen LogP contribution < -0.4 is 10.2 Å². The molecule has 0 radical (unpaired) electrons. The molecule has 0 saturated carbocycles. The first kappa shape index (κ1) is 14.9. The van der Waals surface area contributed by atoms with Gasteiger partial charge in [0, 0.05) is 38.2 Å². The third-order valence-corrected chi connectivity index (χ3v) is 2.67. The average Bonchev–Trinajstić information content (AvgIpc) is 2.34. The third-order valence-electron chi connectivity index (χ3n) is 2.67. The van der Waals surface area contributed by atoms with Crippen LogP contribution in [0, 0.1) is 0 Å². The minimum atomic E-state index is -0.129. The molecule has 0 bridgehead atoms. The molecular formula is C14H18N2O3. The maximum absolute atomic E-state index is 11.6. The molecule has 1 rings (SSSR count). The van der Waals surface area contributed by atoms with Gasteiger partial charge in [0.15, 0.2) is 5.78 Å². The van der Waals surface area contributed by atoms with Gasteiger partial charge >= 0.3 is 0 Å². The summed E-state index contributed by atoms with van der Waals surface area (Å²) in [6.07, 6.45) is 0. The Morgan fingerprint density at radius 2 is 1.63 bits per heavy atom. The molecule has 0 unspecified atom stereocenters. The summed E-state index contributed by atoms with van der Waals surface area (Å²) in [4.78, 5) is 35.1. The van der Waals surface area contributed by atoms with E-state index in [-0.39, 0.29) is 17.6 Å². The summed E-state index contributed by atoms with van der Waals surface area (Å²) in [6, 6.07) is 6.83. The second-order valence-corrected chi connectivity index (χ2v) is 4.26. The number of amides is 2. The highest BCUT2D eigenvalue weighted by atomic mass is 16.2. The number of hydrogen-bond acceptors (Lipinski definition) is 3. The first-order valence-corrected chi connectivity index (χ1v) is 6.05. The lowest BCUT2D eigenvalue weighted by Gasteiger charge is -2.21. The first-order chi connectivity index (χ1) is 8.91. The number of carbonyl (C=O) groups excluding carboxylic acids is 3. The number of hydrogen-bond donors (Lipinski definition) is 1. The SMILES string of the molecule is CC(=O)NCCN(C(C)=O)c1ccc(C(C)=O)cc1. The van der Waals surface area contributed by atoms with Crippen LogP contribution >= 0.6 is 0 Å². The molecule has 0 aliphatic rings. The van der Waals surface area contributed by atoms with Gasteiger partial charge in [0.25, 0.3) is 0 Å². The summed E-state index contributed by atoms with van der Waals surface area (Å²) >= 11 is 0. The van der Waals surface area contributed by atoms with Crippen LogP contribution in [0.25, 0.3) is 0 Å². The van der Waals surface area contributed by atoms with Gasteiger partial charge < -0.3 is 10.2 Å². The molecule has 0 aliphatic carbocycles. The van der Waals surface area contributed by atoms with Gasteiger partial charge in [-0.25, -0.2) is 0 Å². The molecule has 19 heavy (non-hydrogen) atoms. The Kier molecular flexibility index (Phi) is 5.23. The summed E-state index contributed by atoms with van der Waals surface area (Å²) in [5.41, 5.74) is 1.32. The molecule has 1 aromatic carbocycles. The highest BCUT2D eigenvalue weighted by molar-refractivity contribution is 5.96. The standard InChI is InChI=1S/C14H18N2O3/c1-10(17)13-4-6-14(7-5-13)16(12(3)19)9-8-15-11(2)18/h4-7H,8-9H2,1-3H3,(H,15,18). The number of nitrogens with one attached hydrogen (secondary N) is 1. The Hall–Kier alpha value is -2.17. The molecular weight excluding hydrogens is 244 g/mol. The molecule has 0 heterocycles. The topological polar surface area (TPSA) is 66.5 Å². The van der Waals surface area contributed by atoms with Gasteiger partial charge in [-0.2, -0.15) is 0 Å². The largest absolute Gasteiger partial charge is 0.355 e. The Bertz CT molecular complexity index is 480. The molecule has 2 amide bonds. The molecule has 0 aromatic heterocycles. The third kappa shape index (κ3) is 4.54. The number of Topliss-reactive ketones (excluding diaryl/α,β-unsaturated/α-hetero) is 1. The summed E-state index contributed by atoms with van der Waals surface area (Å²) < 4.78 is 0. The van der Waals surface area contributed by atoms with Crippen LogP contribution in [0.15, 0.2) is 24.3 Å². The van der Waals surface area contributed by atoms with E-state index in [0.717, 1.165) is 0 Å². The zero-order valence-electron chi connectivity index (χ0n) is 11.4. The normalized spacial score (nSPS) is 9.84. The van der Waals surface area contributed by atoms with Crippen molar-refractivity contribution < 1.29 is 14.4 Å². The van der Waals surface area contributed by atoms with Crippen LogP contribution in [-0.2, 0) is 9.59 Å². The number of nitrogens with zero attached hydrogens (tertiary/aromatic N) is 1. The van der Waals surface area contributed by atoms with Gasteiger partial charge in [-0.05, 0) is 31.2 Å². The minimum absolute atomic E-state index is 0.0147. The van der Waals surface area contributed by atoms with E-state index in [4.69, 9.17) is 0 Å². The predicted molar refractivity (Wildman–Crippen MR) is 73.2 cm³/mol. The van der Waals surface area contributed by atoms with Crippen molar-refractivity contribution in [3.63, 3.8) is 0 Å². The Morgan fingerprint density at radius 1 is 1.05 bits per heavy atom. The summed E-state index contributed by atoms with van der Waals surface area (Å²) in [6.45, 7) is 5.18. The Morgan fingerprint density at radius 3 is 2.05 bits per heavy atom. The Balaban J connectivity index is 2.78. The van der Waals surface area contributed by atoms with Crippen molar-refractivity contribution in [3.8, 4) is 0 Å². The highest BCUT2D eigenvalue weighted by Crippen LogP contribution is 2.15.